The Balaban J connectivity index is 2.11. The quantitative estimate of drug-likeness (QED) is 0.726. The van der Waals surface area contributed by atoms with Gasteiger partial charge in [0, 0.05) is 18.6 Å². The highest BCUT2D eigenvalue weighted by Gasteiger charge is 2.04. The van der Waals surface area contributed by atoms with Gasteiger partial charge in [0.05, 0.1) is 0 Å². The molecule has 2 rings (SSSR count). The highest BCUT2D eigenvalue weighted by atomic mass is 16.7. The van der Waals surface area contributed by atoms with E-state index in [0.717, 1.165) is 16.7 Å². The van der Waals surface area contributed by atoms with Crippen LogP contribution >= 0.6 is 0 Å². The maximum atomic E-state index is 5.68. The summed E-state index contributed by atoms with van der Waals surface area (Å²) in [6.07, 6.45) is 3.44. The lowest BCUT2D eigenvalue weighted by Crippen LogP contribution is -2.13. The summed E-state index contributed by atoms with van der Waals surface area (Å²) in [5.74, 6) is 0.806. The second-order valence-electron chi connectivity index (χ2n) is 3.82. The molecule has 0 aliphatic heterocycles. The van der Waals surface area contributed by atoms with Crippen LogP contribution in [-0.2, 0) is 9.47 Å². The minimum atomic E-state index is -0.312. The summed E-state index contributed by atoms with van der Waals surface area (Å²) in [5.41, 5.74) is 0.890. The van der Waals surface area contributed by atoms with Gasteiger partial charge in [0.15, 0.2) is 6.29 Å². The lowest BCUT2D eigenvalue weighted by Gasteiger charge is -2.11. The second-order valence-corrected chi connectivity index (χ2v) is 3.82. The fourth-order valence-corrected chi connectivity index (χ4v) is 1.75. The van der Waals surface area contributed by atoms with E-state index in [4.69, 9.17) is 13.9 Å². The zero-order valence-corrected chi connectivity index (χ0v) is 10.8. The minimum Gasteiger partial charge on any atom is -0.457 e. The smallest absolute Gasteiger partial charge is 0.177 e. The van der Waals surface area contributed by atoms with Gasteiger partial charge in [0.2, 0.25) is 0 Å². The third kappa shape index (κ3) is 3.22. The van der Waals surface area contributed by atoms with Crippen molar-refractivity contribution in [1.29, 1.82) is 0 Å². The Hall–Kier alpha value is -1.58. The lowest BCUT2D eigenvalue weighted by molar-refractivity contribution is -0.103. The molecule has 96 valence electrons. The summed E-state index contributed by atoms with van der Waals surface area (Å²) >= 11 is 0. The van der Waals surface area contributed by atoms with Gasteiger partial charge in [-0.25, -0.2) is 0 Å². The molecule has 0 atom stereocenters. The average molecular weight is 246 g/mol. The Labute approximate surface area is 107 Å². The van der Waals surface area contributed by atoms with Crippen molar-refractivity contribution in [3.63, 3.8) is 0 Å². The average Bonchev–Trinajstić information content (AvgIpc) is 2.79. The molecule has 0 radical (unpaired) electrons. The molecule has 3 nitrogen and oxygen atoms in total. The number of furan rings is 1. The van der Waals surface area contributed by atoms with Crippen LogP contribution in [0.25, 0.3) is 17.0 Å². The zero-order valence-electron chi connectivity index (χ0n) is 10.8. The van der Waals surface area contributed by atoms with Crippen LogP contribution in [0.15, 0.2) is 40.8 Å². The van der Waals surface area contributed by atoms with Crippen LogP contribution in [0.2, 0.25) is 0 Å². The highest BCUT2D eigenvalue weighted by Crippen LogP contribution is 2.19. The molecular formula is C15H18O3. The largest absolute Gasteiger partial charge is 0.457 e. The molecule has 1 heterocycles. The molecule has 0 bridgehead atoms. The molecule has 0 aliphatic carbocycles. The van der Waals surface area contributed by atoms with Crippen molar-refractivity contribution < 1.29 is 13.9 Å². The van der Waals surface area contributed by atoms with Gasteiger partial charge >= 0.3 is 0 Å². The number of benzene rings is 1. The molecule has 0 saturated carbocycles. The van der Waals surface area contributed by atoms with Crippen LogP contribution < -0.4 is 0 Å². The number of hydrogen-bond acceptors (Lipinski definition) is 3. The molecule has 3 heteroatoms. The van der Waals surface area contributed by atoms with E-state index < -0.39 is 0 Å². The molecule has 0 spiro atoms. The normalized spacial score (nSPS) is 11.9. The van der Waals surface area contributed by atoms with E-state index in [2.05, 4.69) is 0 Å². The second kappa shape index (κ2) is 6.38. The summed E-state index contributed by atoms with van der Waals surface area (Å²) < 4.78 is 16.5. The monoisotopic (exact) mass is 246 g/mol. The number of hydrogen-bond donors (Lipinski definition) is 0. The first kappa shape index (κ1) is 12.9. The van der Waals surface area contributed by atoms with Crippen molar-refractivity contribution in [1.82, 2.24) is 0 Å². The fraction of sp³-hybridized carbons (Fsp3) is 0.333. The zero-order chi connectivity index (χ0) is 12.8. The Morgan fingerprint density at radius 2 is 1.89 bits per heavy atom. The van der Waals surface area contributed by atoms with E-state index in [1.165, 1.54) is 0 Å². The SMILES string of the molecule is CCOC(/C=C/c1cc2ccccc2o1)OCC. The molecule has 18 heavy (non-hydrogen) atoms. The van der Waals surface area contributed by atoms with Crippen molar-refractivity contribution in [2.75, 3.05) is 13.2 Å². The molecule has 0 unspecified atom stereocenters. The third-order valence-corrected chi connectivity index (χ3v) is 2.52. The van der Waals surface area contributed by atoms with Gasteiger partial charge in [0.1, 0.15) is 11.3 Å². The first-order valence-corrected chi connectivity index (χ1v) is 6.23. The van der Waals surface area contributed by atoms with Crippen LogP contribution in [0.1, 0.15) is 19.6 Å². The van der Waals surface area contributed by atoms with Gasteiger partial charge in [-0.1, -0.05) is 18.2 Å². The molecule has 1 aromatic heterocycles. The molecule has 2 aromatic rings. The van der Waals surface area contributed by atoms with Crippen LogP contribution in [0.5, 0.6) is 0 Å². The number of fused-ring (bicyclic) bond motifs is 1. The lowest BCUT2D eigenvalue weighted by atomic mass is 10.2. The van der Waals surface area contributed by atoms with Crippen LogP contribution in [-0.4, -0.2) is 19.5 Å². The van der Waals surface area contributed by atoms with Crippen LogP contribution in [0.3, 0.4) is 0 Å². The standard InChI is InChI=1S/C15H18O3/c1-3-16-15(17-4-2)10-9-13-11-12-7-5-6-8-14(12)18-13/h5-11,15H,3-4H2,1-2H3/b10-9+. The van der Waals surface area contributed by atoms with E-state index in [-0.39, 0.29) is 6.29 Å². The third-order valence-electron chi connectivity index (χ3n) is 2.52. The maximum Gasteiger partial charge on any atom is 0.177 e. The van der Waals surface area contributed by atoms with E-state index in [0.29, 0.717) is 13.2 Å². The fourth-order valence-electron chi connectivity index (χ4n) is 1.75. The summed E-state index contributed by atoms with van der Waals surface area (Å²) in [7, 11) is 0. The van der Waals surface area contributed by atoms with Crippen LogP contribution in [0, 0.1) is 0 Å². The number of ether oxygens (including phenoxy) is 2. The molecule has 0 fully saturated rings. The van der Waals surface area contributed by atoms with E-state index in [9.17, 15) is 0 Å². The molecule has 0 saturated heterocycles. The highest BCUT2D eigenvalue weighted by molar-refractivity contribution is 5.79. The number of rotatable bonds is 6. The maximum absolute atomic E-state index is 5.68. The Kier molecular flexibility index (Phi) is 4.56. The van der Waals surface area contributed by atoms with Crippen molar-refractivity contribution in [2.24, 2.45) is 0 Å². The summed E-state index contributed by atoms with van der Waals surface area (Å²) in [6, 6.07) is 9.94. The Morgan fingerprint density at radius 3 is 2.56 bits per heavy atom. The van der Waals surface area contributed by atoms with Crippen molar-refractivity contribution in [3.05, 3.63) is 42.2 Å². The van der Waals surface area contributed by atoms with Crippen molar-refractivity contribution in [2.45, 2.75) is 20.1 Å². The molecular weight excluding hydrogens is 228 g/mol. The van der Waals surface area contributed by atoms with E-state index >= 15 is 0 Å². The number of para-hydroxylation sites is 1. The van der Waals surface area contributed by atoms with Gasteiger partial charge in [-0.05, 0) is 38.1 Å². The minimum absolute atomic E-state index is 0.312. The molecule has 0 amide bonds. The van der Waals surface area contributed by atoms with Gasteiger partial charge in [-0.2, -0.15) is 0 Å². The van der Waals surface area contributed by atoms with Crippen LogP contribution in [0.4, 0.5) is 0 Å². The summed E-state index contributed by atoms with van der Waals surface area (Å²) in [4.78, 5) is 0. The predicted molar refractivity (Wildman–Crippen MR) is 72.3 cm³/mol. The molecule has 1 aromatic carbocycles. The predicted octanol–water partition coefficient (Wildman–Crippen LogP) is 3.85. The summed E-state index contributed by atoms with van der Waals surface area (Å²) in [6.45, 7) is 5.13. The molecule has 0 N–H and O–H groups in total. The van der Waals surface area contributed by atoms with E-state index in [1.54, 1.807) is 0 Å². The van der Waals surface area contributed by atoms with E-state index in [1.807, 2.05) is 56.3 Å². The van der Waals surface area contributed by atoms with Gasteiger partial charge in [0.25, 0.3) is 0 Å². The Bertz CT molecular complexity index is 474. The molecule has 0 aliphatic rings. The topological polar surface area (TPSA) is 31.6 Å². The van der Waals surface area contributed by atoms with Gasteiger partial charge in [-0.3, -0.25) is 0 Å². The van der Waals surface area contributed by atoms with Crippen molar-refractivity contribution in [3.8, 4) is 0 Å². The van der Waals surface area contributed by atoms with Gasteiger partial charge in [-0.15, -0.1) is 0 Å². The first-order chi connectivity index (χ1) is 8.83. The van der Waals surface area contributed by atoms with Crippen molar-refractivity contribution >= 4 is 17.0 Å². The Morgan fingerprint density at radius 1 is 1.17 bits per heavy atom. The summed E-state index contributed by atoms with van der Waals surface area (Å²) in [5, 5.41) is 1.10. The first-order valence-electron chi connectivity index (χ1n) is 6.23. The van der Waals surface area contributed by atoms with Gasteiger partial charge < -0.3 is 13.9 Å².